The summed E-state index contributed by atoms with van der Waals surface area (Å²) in [7, 11) is 0. The van der Waals surface area contributed by atoms with Gasteiger partial charge in [-0.05, 0) is 61.4 Å². The molecule has 0 saturated carbocycles. The number of hydrogen-bond acceptors (Lipinski definition) is 3. The molecule has 0 bridgehead atoms. The first-order chi connectivity index (χ1) is 12.4. The van der Waals surface area contributed by atoms with Gasteiger partial charge < -0.3 is 14.8 Å². The third kappa shape index (κ3) is 4.76. The predicted octanol–water partition coefficient (Wildman–Crippen LogP) is 4.52. The van der Waals surface area contributed by atoms with E-state index in [0.717, 1.165) is 31.6 Å². The van der Waals surface area contributed by atoms with E-state index in [2.05, 4.69) is 5.32 Å². The molecular weight excluding hydrogens is 347 g/mol. The molecule has 1 heterocycles. The van der Waals surface area contributed by atoms with Crippen molar-refractivity contribution in [3.8, 4) is 5.75 Å². The Balaban J connectivity index is 1.55. The standard InChI is InChI=1S/C19H18F3NO3/c20-19(21,22)14-5-7-15(8-6-14)23-18(24)13-3-9-16(10-4-13)26-12-17-2-1-11-25-17/h3-10,17H,1-2,11-12H2,(H,23,24)/t17-/m0/s1. The Morgan fingerprint density at radius 1 is 1.12 bits per heavy atom. The van der Waals surface area contributed by atoms with Crippen molar-refractivity contribution in [1.82, 2.24) is 0 Å². The van der Waals surface area contributed by atoms with Gasteiger partial charge in [-0.1, -0.05) is 0 Å². The lowest BCUT2D eigenvalue weighted by Crippen LogP contribution is -2.16. The third-order valence-corrected chi connectivity index (χ3v) is 4.05. The van der Waals surface area contributed by atoms with Crippen LogP contribution in [0.1, 0.15) is 28.8 Å². The van der Waals surface area contributed by atoms with E-state index in [-0.39, 0.29) is 6.10 Å². The molecule has 138 valence electrons. The van der Waals surface area contributed by atoms with E-state index < -0.39 is 17.6 Å². The van der Waals surface area contributed by atoms with Crippen molar-refractivity contribution in [3.63, 3.8) is 0 Å². The van der Waals surface area contributed by atoms with E-state index in [4.69, 9.17) is 9.47 Å². The van der Waals surface area contributed by atoms with Gasteiger partial charge in [0.05, 0.1) is 11.7 Å². The summed E-state index contributed by atoms with van der Waals surface area (Å²) in [5.74, 6) is 0.224. The average Bonchev–Trinajstić information content (AvgIpc) is 3.13. The van der Waals surface area contributed by atoms with Crippen LogP contribution in [-0.4, -0.2) is 25.2 Å². The molecule has 1 amide bonds. The lowest BCUT2D eigenvalue weighted by Gasteiger charge is -2.12. The fourth-order valence-electron chi connectivity index (χ4n) is 2.61. The largest absolute Gasteiger partial charge is 0.491 e. The zero-order valence-electron chi connectivity index (χ0n) is 13.9. The van der Waals surface area contributed by atoms with E-state index in [1.54, 1.807) is 24.3 Å². The third-order valence-electron chi connectivity index (χ3n) is 4.05. The molecule has 0 radical (unpaired) electrons. The highest BCUT2D eigenvalue weighted by atomic mass is 19.4. The first kappa shape index (κ1) is 18.3. The van der Waals surface area contributed by atoms with Crippen molar-refractivity contribution in [3.05, 3.63) is 59.7 Å². The van der Waals surface area contributed by atoms with E-state index >= 15 is 0 Å². The number of nitrogens with one attached hydrogen (secondary N) is 1. The maximum atomic E-state index is 12.5. The summed E-state index contributed by atoms with van der Waals surface area (Å²) in [5.41, 5.74) is -0.0840. The van der Waals surface area contributed by atoms with Crippen molar-refractivity contribution in [2.24, 2.45) is 0 Å². The number of amides is 1. The van der Waals surface area contributed by atoms with Crippen molar-refractivity contribution in [2.75, 3.05) is 18.5 Å². The molecule has 0 unspecified atom stereocenters. The first-order valence-corrected chi connectivity index (χ1v) is 8.25. The van der Waals surface area contributed by atoms with Gasteiger partial charge in [0.1, 0.15) is 12.4 Å². The molecule has 4 nitrogen and oxygen atoms in total. The molecule has 1 aliphatic rings. The first-order valence-electron chi connectivity index (χ1n) is 8.25. The van der Waals surface area contributed by atoms with Crippen LogP contribution in [0.15, 0.2) is 48.5 Å². The Hall–Kier alpha value is -2.54. The lowest BCUT2D eigenvalue weighted by atomic mass is 10.1. The molecule has 1 fully saturated rings. The van der Waals surface area contributed by atoms with Crippen LogP contribution in [0, 0.1) is 0 Å². The zero-order chi connectivity index (χ0) is 18.6. The Morgan fingerprint density at radius 3 is 2.38 bits per heavy atom. The number of carbonyl (C=O) groups is 1. The second-order valence-electron chi connectivity index (χ2n) is 6.00. The van der Waals surface area contributed by atoms with Gasteiger partial charge in [-0.2, -0.15) is 13.2 Å². The summed E-state index contributed by atoms with van der Waals surface area (Å²) in [6.45, 7) is 1.23. The van der Waals surface area contributed by atoms with Gasteiger partial charge in [0.25, 0.3) is 5.91 Å². The Kier molecular flexibility index (Phi) is 5.46. The number of alkyl halides is 3. The monoisotopic (exact) mass is 365 g/mol. The number of anilines is 1. The molecule has 0 spiro atoms. The quantitative estimate of drug-likeness (QED) is 0.848. The molecule has 1 atom stereocenters. The van der Waals surface area contributed by atoms with Crippen LogP contribution in [-0.2, 0) is 10.9 Å². The van der Waals surface area contributed by atoms with E-state index in [0.29, 0.717) is 23.6 Å². The number of carbonyl (C=O) groups excluding carboxylic acids is 1. The van der Waals surface area contributed by atoms with Crippen LogP contribution in [0.2, 0.25) is 0 Å². The zero-order valence-corrected chi connectivity index (χ0v) is 13.9. The fourth-order valence-corrected chi connectivity index (χ4v) is 2.61. The molecule has 0 aromatic heterocycles. The summed E-state index contributed by atoms with van der Waals surface area (Å²) in [5, 5.41) is 2.57. The minimum absolute atomic E-state index is 0.109. The molecule has 7 heteroatoms. The highest BCUT2D eigenvalue weighted by Crippen LogP contribution is 2.29. The molecule has 3 rings (SSSR count). The molecule has 1 N–H and O–H groups in total. The van der Waals surface area contributed by atoms with E-state index in [9.17, 15) is 18.0 Å². The summed E-state index contributed by atoms with van der Waals surface area (Å²) >= 11 is 0. The van der Waals surface area contributed by atoms with Crippen LogP contribution in [0.25, 0.3) is 0 Å². The number of rotatable bonds is 5. The summed E-state index contributed by atoms with van der Waals surface area (Å²) in [6.07, 6.45) is -2.27. The van der Waals surface area contributed by atoms with Gasteiger partial charge >= 0.3 is 6.18 Å². The normalized spacial score (nSPS) is 17.1. The van der Waals surface area contributed by atoms with E-state index in [1.165, 1.54) is 12.1 Å². The summed E-state index contributed by atoms with van der Waals surface area (Å²) in [4.78, 5) is 12.2. The fraction of sp³-hybridized carbons (Fsp3) is 0.316. The number of halogens is 3. The SMILES string of the molecule is O=C(Nc1ccc(C(F)(F)F)cc1)c1ccc(OC[C@@H]2CCCO2)cc1. The van der Waals surface area contributed by atoms with Gasteiger partial charge in [0.2, 0.25) is 0 Å². The number of hydrogen-bond donors (Lipinski definition) is 1. The van der Waals surface area contributed by atoms with Crippen LogP contribution < -0.4 is 10.1 Å². The summed E-state index contributed by atoms with van der Waals surface area (Å²) < 4.78 is 48.7. The average molecular weight is 365 g/mol. The topological polar surface area (TPSA) is 47.6 Å². The van der Waals surface area contributed by atoms with Gasteiger partial charge in [0.15, 0.2) is 0 Å². The van der Waals surface area contributed by atoms with Crippen molar-refractivity contribution in [2.45, 2.75) is 25.1 Å². The van der Waals surface area contributed by atoms with Crippen molar-refractivity contribution < 1.29 is 27.4 Å². The summed E-state index contributed by atoms with van der Waals surface area (Å²) in [6, 6.07) is 10.9. The Bertz CT molecular complexity index is 736. The molecule has 26 heavy (non-hydrogen) atoms. The highest BCUT2D eigenvalue weighted by Gasteiger charge is 2.30. The van der Waals surface area contributed by atoms with Crippen LogP contribution in [0.4, 0.5) is 18.9 Å². The Morgan fingerprint density at radius 2 is 1.81 bits per heavy atom. The smallest absolute Gasteiger partial charge is 0.416 e. The second-order valence-corrected chi connectivity index (χ2v) is 6.00. The highest BCUT2D eigenvalue weighted by molar-refractivity contribution is 6.04. The minimum Gasteiger partial charge on any atom is -0.491 e. The molecular formula is C19H18F3NO3. The maximum Gasteiger partial charge on any atom is 0.416 e. The van der Waals surface area contributed by atoms with E-state index in [1.807, 2.05) is 0 Å². The van der Waals surface area contributed by atoms with Gasteiger partial charge in [0, 0.05) is 17.9 Å². The number of ether oxygens (including phenoxy) is 2. The van der Waals surface area contributed by atoms with Crippen LogP contribution in [0.3, 0.4) is 0 Å². The molecule has 1 aliphatic heterocycles. The van der Waals surface area contributed by atoms with Crippen LogP contribution >= 0.6 is 0 Å². The lowest BCUT2D eigenvalue weighted by molar-refractivity contribution is -0.137. The van der Waals surface area contributed by atoms with Crippen LogP contribution in [0.5, 0.6) is 5.75 Å². The predicted molar refractivity (Wildman–Crippen MR) is 90.3 cm³/mol. The second kappa shape index (κ2) is 7.78. The molecule has 2 aromatic rings. The van der Waals surface area contributed by atoms with Gasteiger partial charge in [-0.15, -0.1) is 0 Å². The van der Waals surface area contributed by atoms with Crippen molar-refractivity contribution in [1.29, 1.82) is 0 Å². The molecule has 1 saturated heterocycles. The van der Waals surface area contributed by atoms with Gasteiger partial charge in [-0.25, -0.2) is 0 Å². The minimum atomic E-state index is -4.40. The number of benzene rings is 2. The van der Waals surface area contributed by atoms with Crippen molar-refractivity contribution >= 4 is 11.6 Å². The maximum absolute atomic E-state index is 12.5. The molecule has 0 aliphatic carbocycles. The molecule has 2 aromatic carbocycles. The van der Waals surface area contributed by atoms with Gasteiger partial charge in [-0.3, -0.25) is 4.79 Å². The Labute approximate surface area is 148 Å².